The number of rotatable bonds is 9. The van der Waals surface area contributed by atoms with E-state index in [1.165, 1.54) is 0 Å². The highest BCUT2D eigenvalue weighted by molar-refractivity contribution is 6.01. The van der Waals surface area contributed by atoms with Crippen molar-refractivity contribution in [3.8, 4) is 6.07 Å². The van der Waals surface area contributed by atoms with Gasteiger partial charge in [0.2, 0.25) is 5.91 Å². The first kappa shape index (κ1) is 30.3. The van der Waals surface area contributed by atoms with Crippen molar-refractivity contribution in [2.24, 2.45) is 5.92 Å². The number of nitrogens with zero attached hydrogens (tertiary/aromatic N) is 3. The molecule has 0 spiro atoms. The number of aliphatic carboxylic acids is 1. The standard InChI is InChI=1S/C34H35N5O5/c1-22-3-7-24(8-4-22)28(20-31(40)41)36-33(43)27-13-14-30(29(19-27)37-32(42)25-11-12-25)38-15-2-16-39(18-17-38)34(44)26-9-5-23(21-35)6-10-26/h3-10,13-14,19,25,28H,2,11-12,15-18,20H2,1H3,(H,36,43)(H,37,42)(H,40,41). The second-order valence-electron chi connectivity index (χ2n) is 11.4. The average molecular weight is 594 g/mol. The molecule has 1 saturated heterocycles. The van der Waals surface area contributed by atoms with Crippen LogP contribution in [-0.4, -0.2) is 59.9 Å². The molecule has 2 fully saturated rings. The van der Waals surface area contributed by atoms with Crippen molar-refractivity contribution in [1.82, 2.24) is 10.2 Å². The molecule has 0 radical (unpaired) electrons. The lowest BCUT2D eigenvalue weighted by Gasteiger charge is -2.27. The normalized spacial score (nSPS) is 15.5. The number of carbonyl (C=O) groups is 4. The molecule has 3 aromatic rings. The van der Waals surface area contributed by atoms with Gasteiger partial charge in [0.25, 0.3) is 11.8 Å². The SMILES string of the molecule is Cc1ccc(C(CC(=O)O)NC(=O)c2ccc(N3CCCN(C(=O)c4ccc(C#N)cc4)CC3)c(NC(=O)C3CC3)c2)cc1. The van der Waals surface area contributed by atoms with Crippen molar-refractivity contribution in [2.45, 2.75) is 38.6 Å². The summed E-state index contributed by atoms with van der Waals surface area (Å²) < 4.78 is 0. The van der Waals surface area contributed by atoms with Crippen LogP contribution in [-0.2, 0) is 9.59 Å². The van der Waals surface area contributed by atoms with Crippen LogP contribution in [0.5, 0.6) is 0 Å². The molecule has 2 aliphatic rings. The van der Waals surface area contributed by atoms with E-state index in [-0.39, 0.29) is 24.2 Å². The maximum Gasteiger partial charge on any atom is 0.305 e. The number of aryl methyl sites for hydroxylation is 1. The second-order valence-corrected chi connectivity index (χ2v) is 11.4. The minimum Gasteiger partial charge on any atom is -0.481 e. The van der Waals surface area contributed by atoms with E-state index >= 15 is 0 Å². The van der Waals surface area contributed by atoms with E-state index in [1.807, 2.05) is 31.2 Å². The van der Waals surface area contributed by atoms with Gasteiger partial charge in [-0.15, -0.1) is 0 Å². The maximum atomic E-state index is 13.4. The smallest absolute Gasteiger partial charge is 0.305 e. The molecular formula is C34H35N5O5. The number of amides is 3. The lowest BCUT2D eigenvalue weighted by atomic mass is 10.0. The molecule has 226 valence electrons. The maximum absolute atomic E-state index is 13.4. The van der Waals surface area contributed by atoms with Gasteiger partial charge >= 0.3 is 5.97 Å². The first-order valence-corrected chi connectivity index (χ1v) is 14.8. The molecule has 10 nitrogen and oxygen atoms in total. The summed E-state index contributed by atoms with van der Waals surface area (Å²) in [6.07, 6.45) is 2.08. The summed E-state index contributed by atoms with van der Waals surface area (Å²) in [6.45, 7) is 4.12. The Morgan fingerprint density at radius 1 is 0.932 bits per heavy atom. The van der Waals surface area contributed by atoms with Crippen molar-refractivity contribution >= 4 is 35.1 Å². The zero-order chi connectivity index (χ0) is 31.2. The molecule has 10 heteroatoms. The molecule has 1 aliphatic heterocycles. The number of nitrogens with one attached hydrogen (secondary N) is 2. The predicted molar refractivity (Wildman–Crippen MR) is 165 cm³/mol. The van der Waals surface area contributed by atoms with Gasteiger partial charge < -0.3 is 25.5 Å². The van der Waals surface area contributed by atoms with E-state index in [2.05, 4.69) is 21.6 Å². The number of hydrogen-bond acceptors (Lipinski definition) is 6. The fourth-order valence-electron chi connectivity index (χ4n) is 5.33. The summed E-state index contributed by atoms with van der Waals surface area (Å²) in [6, 6.07) is 20.4. The van der Waals surface area contributed by atoms with Crippen LogP contribution in [0.1, 0.15) is 69.1 Å². The van der Waals surface area contributed by atoms with E-state index in [4.69, 9.17) is 5.26 Å². The largest absolute Gasteiger partial charge is 0.481 e. The molecule has 0 bridgehead atoms. The summed E-state index contributed by atoms with van der Waals surface area (Å²) in [5, 5.41) is 24.4. The Kier molecular flexibility index (Phi) is 9.24. The lowest BCUT2D eigenvalue weighted by molar-refractivity contribution is -0.137. The van der Waals surface area contributed by atoms with Crippen LogP contribution in [0.25, 0.3) is 0 Å². The third kappa shape index (κ3) is 7.42. The summed E-state index contributed by atoms with van der Waals surface area (Å²) >= 11 is 0. The molecule has 1 atom stereocenters. The number of hydrogen-bond donors (Lipinski definition) is 3. The molecule has 44 heavy (non-hydrogen) atoms. The van der Waals surface area contributed by atoms with Crippen LogP contribution in [0.15, 0.2) is 66.7 Å². The van der Waals surface area contributed by atoms with E-state index in [1.54, 1.807) is 47.4 Å². The van der Waals surface area contributed by atoms with E-state index < -0.39 is 17.9 Å². The molecular weight excluding hydrogens is 558 g/mol. The fraction of sp³-hybridized carbons (Fsp3) is 0.324. The van der Waals surface area contributed by atoms with E-state index in [0.29, 0.717) is 60.5 Å². The second kappa shape index (κ2) is 13.4. The van der Waals surface area contributed by atoms with Crippen molar-refractivity contribution in [3.05, 3.63) is 94.5 Å². The number of benzene rings is 3. The molecule has 3 amide bonds. The van der Waals surface area contributed by atoms with Gasteiger partial charge in [-0.25, -0.2) is 0 Å². The molecule has 3 N–H and O–H groups in total. The van der Waals surface area contributed by atoms with Crippen molar-refractivity contribution < 1.29 is 24.3 Å². The quantitative estimate of drug-likeness (QED) is 0.331. The minimum atomic E-state index is -1.03. The molecule has 3 aromatic carbocycles. The summed E-state index contributed by atoms with van der Waals surface area (Å²) in [5.74, 6) is -1.72. The monoisotopic (exact) mass is 593 g/mol. The molecule has 1 saturated carbocycles. The topological polar surface area (TPSA) is 143 Å². The third-order valence-electron chi connectivity index (χ3n) is 8.01. The lowest BCUT2D eigenvalue weighted by Crippen LogP contribution is -2.35. The highest BCUT2D eigenvalue weighted by Crippen LogP contribution is 2.34. The van der Waals surface area contributed by atoms with Crippen LogP contribution in [0, 0.1) is 24.2 Å². The average Bonchev–Trinajstić information content (AvgIpc) is 3.89. The van der Waals surface area contributed by atoms with Crippen LogP contribution in [0.3, 0.4) is 0 Å². The van der Waals surface area contributed by atoms with Crippen LogP contribution in [0.4, 0.5) is 11.4 Å². The Bertz CT molecular complexity index is 1590. The highest BCUT2D eigenvalue weighted by atomic mass is 16.4. The highest BCUT2D eigenvalue weighted by Gasteiger charge is 2.31. The van der Waals surface area contributed by atoms with Crippen molar-refractivity contribution in [3.63, 3.8) is 0 Å². The first-order valence-electron chi connectivity index (χ1n) is 14.8. The van der Waals surface area contributed by atoms with E-state index in [0.717, 1.165) is 24.1 Å². The Morgan fingerprint density at radius 3 is 2.30 bits per heavy atom. The Balaban J connectivity index is 1.35. The zero-order valence-electron chi connectivity index (χ0n) is 24.6. The predicted octanol–water partition coefficient (Wildman–Crippen LogP) is 4.51. The minimum absolute atomic E-state index is 0.0496. The Labute approximate surface area is 256 Å². The molecule has 5 rings (SSSR count). The van der Waals surface area contributed by atoms with Crippen LogP contribution >= 0.6 is 0 Å². The fourth-order valence-corrected chi connectivity index (χ4v) is 5.33. The number of anilines is 2. The molecule has 1 unspecified atom stereocenters. The number of carboxylic acids is 1. The third-order valence-corrected chi connectivity index (χ3v) is 8.01. The first-order chi connectivity index (χ1) is 21.2. The van der Waals surface area contributed by atoms with Gasteiger partial charge in [-0.3, -0.25) is 19.2 Å². The van der Waals surface area contributed by atoms with Gasteiger partial charge in [0.05, 0.1) is 35.5 Å². The van der Waals surface area contributed by atoms with Gasteiger partial charge in [-0.05, 0) is 74.2 Å². The van der Waals surface area contributed by atoms with Crippen molar-refractivity contribution in [2.75, 3.05) is 36.4 Å². The molecule has 1 aliphatic carbocycles. The Hall–Kier alpha value is -5.17. The Morgan fingerprint density at radius 2 is 1.64 bits per heavy atom. The van der Waals surface area contributed by atoms with Crippen LogP contribution < -0.4 is 15.5 Å². The number of carboxylic acid groups (broad SMARTS) is 1. The summed E-state index contributed by atoms with van der Waals surface area (Å²) in [5.41, 5.74) is 4.29. The van der Waals surface area contributed by atoms with Gasteiger partial charge in [0.1, 0.15) is 0 Å². The van der Waals surface area contributed by atoms with Crippen molar-refractivity contribution in [1.29, 1.82) is 5.26 Å². The van der Waals surface area contributed by atoms with Gasteiger partial charge in [-0.2, -0.15) is 5.26 Å². The zero-order valence-corrected chi connectivity index (χ0v) is 24.6. The summed E-state index contributed by atoms with van der Waals surface area (Å²) in [7, 11) is 0. The van der Waals surface area contributed by atoms with Gasteiger partial charge in [0.15, 0.2) is 0 Å². The molecule has 1 heterocycles. The number of carbonyl (C=O) groups excluding carboxylic acids is 3. The molecule has 0 aromatic heterocycles. The van der Waals surface area contributed by atoms with Crippen LogP contribution in [0.2, 0.25) is 0 Å². The number of nitriles is 1. The van der Waals surface area contributed by atoms with Gasteiger partial charge in [-0.1, -0.05) is 29.8 Å². The van der Waals surface area contributed by atoms with E-state index in [9.17, 15) is 24.3 Å². The van der Waals surface area contributed by atoms with Gasteiger partial charge in [0, 0.05) is 43.2 Å². The summed E-state index contributed by atoms with van der Waals surface area (Å²) in [4.78, 5) is 54.9.